The van der Waals surface area contributed by atoms with E-state index in [-0.39, 0.29) is 35.7 Å². The third-order valence-corrected chi connectivity index (χ3v) is 10.4. The number of aromatic nitrogens is 1. The van der Waals surface area contributed by atoms with Gasteiger partial charge in [-0.3, -0.25) is 0 Å². The van der Waals surface area contributed by atoms with Crippen molar-refractivity contribution in [2.75, 3.05) is 40.0 Å². The van der Waals surface area contributed by atoms with Gasteiger partial charge in [-0.15, -0.1) is 0 Å². The molecule has 1 N–H and O–H groups in total. The summed E-state index contributed by atoms with van der Waals surface area (Å²) in [5.74, 6) is 0.132. The number of likely N-dealkylation sites (N-methyl/N-ethyl adjacent to an activating group) is 1. The number of hydrogen-bond donors (Lipinski definition) is 1. The minimum atomic E-state index is -4.27. The topological polar surface area (TPSA) is 138 Å². The van der Waals surface area contributed by atoms with Crippen molar-refractivity contribution in [3.05, 3.63) is 46.9 Å². The first-order valence-electron chi connectivity index (χ1n) is 18.9. The van der Waals surface area contributed by atoms with Crippen LogP contribution in [0.2, 0.25) is 0 Å². The van der Waals surface area contributed by atoms with Gasteiger partial charge in [0.2, 0.25) is 5.51 Å². The molecule has 0 bridgehead atoms. The molecule has 2 heterocycles. The number of nitrogens with zero attached hydrogens (tertiary/aromatic N) is 2. The zero-order valence-corrected chi connectivity index (χ0v) is 32.9. The monoisotopic (exact) mass is 753 g/mol. The van der Waals surface area contributed by atoms with Crippen LogP contribution in [0.3, 0.4) is 0 Å². The average Bonchev–Trinajstić information content (AvgIpc) is 3.81. The highest BCUT2D eigenvalue weighted by molar-refractivity contribution is 7.85. The molecule has 0 saturated carbocycles. The number of hydrogen-bond acceptors (Lipinski definition) is 9. The van der Waals surface area contributed by atoms with Crippen LogP contribution in [-0.4, -0.2) is 76.1 Å². The molecule has 1 aromatic carbocycles. The Morgan fingerprint density at radius 3 is 2.06 bits per heavy atom. The molecular formula is C38H63N3O8S2. The molecule has 1 aliphatic rings. The molecule has 3 rings (SSSR count). The highest BCUT2D eigenvalue weighted by Gasteiger charge is 2.28. The Balaban J connectivity index is 0.000000694. The SMILES string of the molecule is CCCCCCCCCCCCCCCCCNC(=O)OC[C@H]1CO[C@H](COC(=O)N(C)CC[n+]2ccsc2)C1.Cc1ccc(S(=O)(=O)[O-])cc1. The lowest BCUT2D eigenvalue weighted by atomic mass is 10.0. The van der Waals surface area contributed by atoms with Crippen molar-refractivity contribution in [1.29, 1.82) is 0 Å². The fraction of sp³-hybridized carbons (Fsp3) is 0.711. The number of rotatable bonds is 24. The normalized spacial score (nSPS) is 15.5. The van der Waals surface area contributed by atoms with Crippen LogP contribution in [0, 0.1) is 12.8 Å². The Morgan fingerprint density at radius 2 is 1.51 bits per heavy atom. The van der Waals surface area contributed by atoms with Crippen LogP contribution >= 0.6 is 11.3 Å². The fourth-order valence-electron chi connectivity index (χ4n) is 5.67. The maximum Gasteiger partial charge on any atom is 0.409 e. The van der Waals surface area contributed by atoms with Crippen LogP contribution in [0.15, 0.2) is 46.2 Å². The van der Waals surface area contributed by atoms with E-state index in [9.17, 15) is 22.6 Å². The summed E-state index contributed by atoms with van der Waals surface area (Å²) >= 11 is 1.62. The molecule has 290 valence electrons. The quantitative estimate of drug-likeness (QED) is 0.0647. The van der Waals surface area contributed by atoms with Crippen LogP contribution in [0.1, 0.15) is 115 Å². The van der Waals surface area contributed by atoms with E-state index in [1.54, 1.807) is 35.4 Å². The average molecular weight is 754 g/mol. The van der Waals surface area contributed by atoms with Crippen LogP contribution in [-0.2, 0) is 30.9 Å². The molecule has 11 nitrogen and oxygen atoms in total. The highest BCUT2D eigenvalue weighted by Crippen LogP contribution is 2.20. The van der Waals surface area contributed by atoms with Gasteiger partial charge in [0.15, 0.2) is 12.7 Å². The van der Waals surface area contributed by atoms with Crippen molar-refractivity contribution in [3.8, 4) is 0 Å². The number of carbonyl (C=O) groups is 2. The molecule has 0 aliphatic carbocycles. The van der Waals surface area contributed by atoms with Gasteiger partial charge in [-0.25, -0.2) is 18.0 Å². The van der Waals surface area contributed by atoms with Crippen molar-refractivity contribution < 1.29 is 41.3 Å². The van der Waals surface area contributed by atoms with Gasteiger partial charge in [-0.1, -0.05) is 126 Å². The Morgan fingerprint density at radius 1 is 0.922 bits per heavy atom. The molecular weight excluding hydrogens is 691 g/mol. The predicted octanol–water partition coefficient (Wildman–Crippen LogP) is 8.01. The van der Waals surface area contributed by atoms with Gasteiger partial charge < -0.3 is 29.0 Å². The van der Waals surface area contributed by atoms with Crippen molar-refractivity contribution >= 4 is 33.6 Å². The Kier molecular flexibility index (Phi) is 23.5. The number of nitrogens with one attached hydrogen (secondary N) is 1. The Bertz CT molecular complexity index is 1290. The standard InChI is InChI=1S/C31H55N3O5S.C7H8O3S/c1-3-4-5-6-7-8-9-10-11-12-13-14-15-16-17-18-32-30(35)38-25-28-23-29(37-24-28)26-39-31(36)33(2)19-20-34-21-22-40-27-34;1-6-2-4-7(5-3-6)11(8,9)10/h21-22,27-29H,3-20,23-26H2,1-2H3;2-5H,1H3,(H,8,9,10)/t28-,29+;/m1./s1. The van der Waals surface area contributed by atoms with E-state index in [0.717, 1.165) is 24.9 Å². The van der Waals surface area contributed by atoms with E-state index < -0.39 is 10.1 Å². The second-order valence-electron chi connectivity index (χ2n) is 13.6. The summed E-state index contributed by atoms with van der Waals surface area (Å²) in [5.41, 5.74) is 2.94. The first-order valence-corrected chi connectivity index (χ1v) is 21.3. The molecule has 1 aromatic heterocycles. The minimum absolute atomic E-state index is 0.132. The summed E-state index contributed by atoms with van der Waals surface area (Å²) in [7, 11) is -2.53. The minimum Gasteiger partial charge on any atom is -0.744 e. The van der Waals surface area contributed by atoms with Gasteiger partial charge in [0.05, 0.1) is 36.1 Å². The molecule has 1 aliphatic heterocycles. The number of aryl methyl sites for hydroxylation is 1. The lowest BCUT2D eigenvalue weighted by Gasteiger charge is -2.17. The summed E-state index contributed by atoms with van der Waals surface area (Å²) in [6, 6.07) is 5.78. The van der Waals surface area contributed by atoms with Crippen LogP contribution in [0.25, 0.3) is 0 Å². The number of ether oxygens (including phenoxy) is 3. The van der Waals surface area contributed by atoms with Crippen molar-refractivity contribution in [1.82, 2.24) is 10.2 Å². The van der Waals surface area contributed by atoms with E-state index >= 15 is 0 Å². The first-order chi connectivity index (χ1) is 24.6. The summed E-state index contributed by atoms with van der Waals surface area (Å²) in [6.45, 7) is 7.13. The van der Waals surface area contributed by atoms with Crippen LogP contribution in [0.5, 0.6) is 0 Å². The van der Waals surface area contributed by atoms with Gasteiger partial charge in [0.25, 0.3) is 0 Å². The van der Waals surface area contributed by atoms with Gasteiger partial charge >= 0.3 is 12.2 Å². The van der Waals surface area contributed by atoms with Crippen LogP contribution in [0.4, 0.5) is 9.59 Å². The maximum absolute atomic E-state index is 12.2. The summed E-state index contributed by atoms with van der Waals surface area (Å²) in [5, 5.41) is 4.86. The number of amides is 2. The second kappa shape index (κ2) is 26.9. The van der Waals surface area contributed by atoms with E-state index in [1.165, 1.54) is 95.6 Å². The first kappa shape index (κ1) is 44.4. The third-order valence-electron chi connectivity index (χ3n) is 8.90. The van der Waals surface area contributed by atoms with E-state index in [1.807, 2.05) is 28.6 Å². The Labute approximate surface area is 311 Å². The Hall–Kier alpha value is -2.74. The third kappa shape index (κ3) is 22.1. The molecule has 0 spiro atoms. The van der Waals surface area contributed by atoms with E-state index in [0.29, 0.717) is 32.7 Å². The number of carbonyl (C=O) groups excluding carboxylic acids is 2. The molecule has 2 amide bonds. The zero-order chi connectivity index (χ0) is 37.2. The van der Waals surface area contributed by atoms with Crippen molar-refractivity contribution in [2.24, 2.45) is 5.92 Å². The number of unbranched alkanes of at least 4 members (excludes halogenated alkanes) is 14. The van der Waals surface area contributed by atoms with Crippen molar-refractivity contribution in [3.63, 3.8) is 0 Å². The maximum atomic E-state index is 12.2. The molecule has 1 saturated heterocycles. The van der Waals surface area contributed by atoms with Crippen molar-refractivity contribution in [2.45, 2.75) is 134 Å². The molecule has 2 atom stereocenters. The molecule has 51 heavy (non-hydrogen) atoms. The van der Waals surface area contributed by atoms with Gasteiger partial charge in [-0.2, -0.15) is 4.57 Å². The number of thiazole rings is 1. The zero-order valence-electron chi connectivity index (χ0n) is 31.2. The highest BCUT2D eigenvalue weighted by atomic mass is 32.2. The molecule has 0 radical (unpaired) electrons. The summed E-state index contributed by atoms with van der Waals surface area (Å²) in [4.78, 5) is 25.6. The van der Waals surface area contributed by atoms with Gasteiger partial charge in [0, 0.05) is 19.5 Å². The summed E-state index contributed by atoms with van der Waals surface area (Å²) < 4.78 is 49.7. The van der Waals surface area contributed by atoms with Gasteiger partial charge in [-0.05, 0) is 31.9 Å². The molecule has 0 unspecified atom stereocenters. The van der Waals surface area contributed by atoms with Crippen LogP contribution < -0.4 is 9.88 Å². The van der Waals surface area contributed by atoms with Gasteiger partial charge in [0.1, 0.15) is 16.7 Å². The predicted molar refractivity (Wildman–Crippen MR) is 200 cm³/mol. The lowest BCUT2D eigenvalue weighted by Crippen LogP contribution is -2.40. The molecule has 13 heteroatoms. The molecule has 1 fully saturated rings. The smallest absolute Gasteiger partial charge is 0.409 e. The number of alkyl carbamates (subject to hydrolysis) is 1. The fourth-order valence-corrected chi connectivity index (χ4v) is 6.77. The molecule has 2 aromatic rings. The second-order valence-corrected chi connectivity index (χ2v) is 15.7. The lowest BCUT2D eigenvalue weighted by molar-refractivity contribution is -0.691. The number of benzene rings is 1. The largest absolute Gasteiger partial charge is 0.744 e. The van der Waals surface area contributed by atoms with E-state index in [2.05, 4.69) is 12.2 Å². The van der Waals surface area contributed by atoms with E-state index in [4.69, 9.17) is 14.2 Å². The summed E-state index contributed by atoms with van der Waals surface area (Å²) in [6.07, 6.45) is 21.8.